The normalized spacial score (nSPS) is 50.8. The van der Waals surface area contributed by atoms with Gasteiger partial charge in [0.25, 0.3) is 0 Å². The summed E-state index contributed by atoms with van der Waals surface area (Å²) < 4.78 is 5.80. The van der Waals surface area contributed by atoms with E-state index in [1.165, 1.54) is 5.57 Å². The van der Waals surface area contributed by atoms with Gasteiger partial charge >= 0.3 is 0 Å². The Morgan fingerprint density at radius 3 is 2.39 bits per heavy atom. The van der Waals surface area contributed by atoms with Crippen molar-refractivity contribution in [3.8, 4) is 0 Å². The third-order valence-electron chi connectivity index (χ3n) is 11.8. The van der Waals surface area contributed by atoms with Crippen molar-refractivity contribution in [1.29, 1.82) is 0 Å². The first-order valence-corrected chi connectivity index (χ1v) is 13.9. The van der Waals surface area contributed by atoms with Crippen molar-refractivity contribution >= 4 is 5.78 Å². The number of ketones is 1. The van der Waals surface area contributed by atoms with Crippen molar-refractivity contribution in [2.75, 3.05) is 0 Å². The molecule has 5 aliphatic rings. The van der Waals surface area contributed by atoms with Crippen LogP contribution in [0.25, 0.3) is 0 Å². The molecule has 0 aromatic heterocycles. The van der Waals surface area contributed by atoms with Crippen molar-refractivity contribution in [2.24, 2.45) is 45.3 Å². The molecule has 6 heteroatoms. The molecule has 1 saturated heterocycles. The van der Waals surface area contributed by atoms with E-state index in [1.54, 1.807) is 19.9 Å². The number of carbonyl (C=O) groups is 1. The van der Waals surface area contributed by atoms with Crippen LogP contribution in [0.2, 0.25) is 0 Å². The summed E-state index contributed by atoms with van der Waals surface area (Å²) in [5.41, 5.74) is -1.29. The number of allylic oxidation sites excluding steroid dienone is 3. The van der Waals surface area contributed by atoms with Gasteiger partial charge in [-0.3, -0.25) is 4.79 Å². The number of hydrogen-bond acceptors (Lipinski definition) is 6. The molecular weight excluding hydrogens is 456 g/mol. The zero-order valence-electron chi connectivity index (χ0n) is 23.0. The molecule has 4 N–H and O–H groups in total. The van der Waals surface area contributed by atoms with Gasteiger partial charge in [0.15, 0.2) is 12.1 Å². The van der Waals surface area contributed by atoms with Crippen molar-refractivity contribution in [1.82, 2.24) is 0 Å². The molecular formula is C30H46O6. The van der Waals surface area contributed by atoms with Gasteiger partial charge in [-0.15, -0.1) is 0 Å². The van der Waals surface area contributed by atoms with E-state index in [1.807, 2.05) is 13.8 Å². The van der Waals surface area contributed by atoms with Crippen LogP contribution >= 0.6 is 0 Å². The smallest absolute Gasteiger partial charge is 0.161 e. The highest BCUT2D eigenvalue weighted by Crippen LogP contribution is 2.72. The Kier molecular flexibility index (Phi) is 5.89. The molecule has 1 aliphatic heterocycles. The van der Waals surface area contributed by atoms with E-state index in [0.29, 0.717) is 12.8 Å². The molecule has 5 rings (SSSR count). The fraction of sp³-hybridized carbons (Fsp3) is 0.833. The summed E-state index contributed by atoms with van der Waals surface area (Å²) >= 11 is 0. The van der Waals surface area contributed by atoms with E-state index in [0.717, 1.165) is 19.3 Å². The van der Waals surface area contributed by atoms with Crippen LogP contribution < -0.4 is 0 Å². The lowest BCUT2D eigenvalue weighted by Gasteiger charge is -2.66. The maximum absolute atomic E-state index is 12.8. The molecule has 0 spiro atoms. The quantitative estimate of drug-likeness (QED) is 0.438. The third-order valence-corrected chi connectivity index (χ3v) is 11.8. The van der Waals surface area contributed by atoms with Crippen LogP contribution in [0.3, 0.4) is 0 Å². The largest absolute Gasteiger partial charge is 0.392 e. The first-order valence-electron chi connectivity index (χ1n) is 13.9. The molecule has 2 saturated carbocycles. The lowest BCUT2D eigenvalue weighted by Crippen LogP contribution is -2.63. The van der Waals surface area contributed by atoms with Gasteiger partial charge in [-0.25, -0.2) is 0 Å². The molecule has 11 atom stereocenters. The van der Waals surface area contributed by atoms with Crippen molar-refractivity contribution in [3.05, 3.63) is 23.8 Å². The van der Waals surface area contributed by atoms with Gasteiger partial charge in [-0.2, -0.15) is 0 Å². The number of aliphatic hydroxyl groups excluding tert-OH is 3. The molecule has 0 bridgehead atoms. The van der Waals surface area contributed by atoms with Gasteiger partial charge in [-0.05, 0) is 80.6 Å². The second-order valence-electron chi connectivity index (χ2n) is 14.4. The first kappa shape index (κ1) is 26.6. The van der Waals surface area contributed by atoms with E-state index >= 15 is 0 Å². The Morgan fingerprint density at radius 1 is 1.08 bits per heavy atom. The fourth-order valence-corrected chi connectivity index (χ4v) is 9.69. The van der Waals surface area contributed by atoms with Crippen molar-refractivity contribution in [2.45, 2.75) is 111 Å². The molecule has 0 aromatic carbocycles. The van der Waals surface area contributed by atoms with Crippen LogP contribution in [0.1, 0.15) is 80.6 Å². The molecule has 3 fully saturated rings. The monoisotopic (exact) mass is 502 g/mol. The number of fused-ring (bicyclic) bond motifs is 5. The minimum Gasteiger partial charge on any atom is -0.392 e. The van der Waals surface area contributed by atoms with Crippen LogP contribution in [0.4, 0.5) is 0 Å². The second-order valence-corrected chi connectivity index (χ2v) is 14.4. The van der Waals surface area contributed by atoms with E-state index in [4.69, 9.17) is 4.74 Å². The second kappa shape index (κ2) is 7.98. The fourth-order valence-electron chi connectivity index (χ4n) is 9.69. The molecule has 36 heavy (non-hydrogen) atoms. The van der Waals surface area contributed by atoms with Gasteiger partial charge in [0.2, 0.25) is 0 Å². The number of hydrogen-bond donors (Lipinski definition) is 4. The minimum atomic E-state index is -1.31. The van der Waals surface area contributed by atoms with Crippen LogP contribution in [0.15, 0.2) is 23.8 Å². The van der Waals surface area contributed by atoms with Crippen LogP contribution in [-0.2, 0) is 9.53 Å². The van der Waals surface area contributed by atoms with E-state index in [9.17, 15) is 25.2 Å². The van der Waals surface area contributed by atoms with Gasteiger partial charge in [0, 0.05) is 16.7 Å². The number of carbonyl (C=O) groups excluding carboxylic acids is 1. The van der Waals surface area contributed by atoms with Crippen molar-refractivity contribution < 1.29 is 30.0 Å². The predicted octanol–water partition coefficient (Wildman–Crippen LogP) is 3.76. The highest BCUT2D eigenvalue weighted by Gasteiger charge is 2.68. The molecule has 1 unspecified atom stereocenters. The van der Waals surface area contributed by atoms with E-state index < -0.39 is 41.0 Å². The Bertz CT molecular complexity index is 992. The summed E-state index contributed by atoms with van der Waals surface area (Å²) in [6, 6.07) is 0. The van der Waals surface area contributed by atoms with Crippen molar-refractivity contribution in [3.63, 3.8) is 0 Å². The molecule has 6 nitrogen and oxygen atoms in total. The topological polar surface area (TPSA) is 107 Å². The Hall–Kier alpha value is -1.05. The van der Waals surface area contributed by atoms with Gasteiger partial charge < -0.3 is 25.2 Å². The van der Waals surface area contributed by atoms with E-state index in [2.05, 4.69) is 32.9 Å². The molecule has 202 valence electrons. The molecule has 0 radical (unpaired) electrons. The number of ether oxygens (including phenoxy) is 1. The molecule has 0 aromatic rings. The average molecular weight is 503 g/mol. The SMILES string of the molecule is CC(C)(O)[C@H](O)[C@H]1C[C@@H]([C@H]2CC=C3[C@]4(C)[C@H](O)C[C@@H]5C(C)(C)C(=O)C=C[C@]5(C)[C@H]4CC[C@]32C)C(O)O1. The third kappa shape index (κ3) is 3.37. The standard InChI is InChI=1S/C30H46O6/c1-26(2)21-15-23(32)30(7)19-9-8-17(16-14-18(36-25(16)34)24(33)27(3,4)35)28(19,5)12-10-20(30)29(21,6)13-11-22(26)31/h9,11,13,16-18,20-21,23-25,32-35H,8,10,12,14-15H2,1-7H3/t16-,17+,18+,20+,21+,23+,24+,25?,28-,29+,30-/m0/s1. The maximum Gasteiger partial charge on any atom is 0.161 e. The Balaban J connectivity index is 1.46. The summed E-state index contributed by atoms with van der Waals surface area (Å²) in [5, 5.41) is 43.7. The lowest BCUT2D eigenvalue weighted by molar-refractivity contribution is -0.176. The summed E-state index contributed by atoms with van der Waals surface area (Å²) in [6.45, 7) is 14.0. The van der Waals surface area contributed by atoms with Gasteiger partial charge in [0.1, 0.15) is 6.10 Å². The summed E-state index contributed by atoms with van der Waals surface area (Å²) in [4.78, 5) is 12.8. The van der Waals surface area contributed by atoms with Gasteiger partial charge in [-0.1, -0.05) is 52.3 Å². The Labute approximate surface area is 215 Å². The first-order chi connectivity index (χ1) is 16.5. The highest BCUT2D eigenvalue weighted by atomic mass is 16.6. The lowest BCUT2D eigenvalue weighted by atomic mass is 9.38. The predicted molar refractivity (Wildman–Crippen MR) is 137 cm³/mol. The number of rotatable bonds is 3. The molecule has 1 heterocycles. The van der Waals surface area contributed by atoms with E-state index in [-0.39, 0.29) is 40.3 Å². The average Bonchev–Trinajstić information content (AvgIpc) is 3.32. The zero-order valence-corrected chi connectivity index (χ0v) is 23.0. The molecule has 0 amide bonds. The summed E-state index contributed by atoms with van der Waals surface area (Å²) in [6.07, 6.45) is 6.82. The van der Waals surface area contributed by atoms with Gasteiger partial charge in [0.05, 0.1) is 17.8 Å². The van der Waals surface area contributed by atoms with Crippen LogP contribution in [-0.4, -0.2) is 56.4 Å². The molecule has 4 aliphatic carbocycles. The zero-order chi connectivity index (χ0) is 26.6. The Morgan fingerprint density at radius 2 is 1.75 bits per heavy atom. The van der Waals surface area contributed by atoms with Crippen LogP contribution in [0.5, 0.6) is 0 Å². The van der Waals surface area contributed by atoms with Crippen LogP contribution in [0, 0.1) is 45.3 Å². The minimum absolute atomic E-state index is 0.0897. The summed E-state index contributed by atoms with van der Waals surface area (Å²) in [7, 11) is 0. The summed E-state index contributed by atoms with van der Waals surface area (Å²) in [5.74, 6) is 0.444. The maximum atomic E-state index is 12.8. The number of aliphatic hydroxyl groups is 4. The highest BCUT2D eigenvalue weighted by molar-refractivity contribution is 5.95.